The van der Waals surface area contributed by atoms with Crippen LogP contribution in [-0.2, 0) is 10.0 Å². The van der Waals surface area contributed by atoms with Gasteiger partial charge < -0.3 is 5.32 Å². The first-order valence-corrected chi connectivity index (χ1v) is 7.20. The maximum absolute atomic E-state index is 12.1. The molecule has 0 saturated carbocycles. The second-order valence-corrected chi connectivity index (χ2v) is 6.38. The summed E-state index contributed by atoms with van der Waals surface area (Å²) in [5.74, 6) is 0.476. The van der Waals surface area contributed by atoms with Gasteiger partial charge in [-0.05, 0) is 24.6 Å². The number of sulfonamides is 1. The second-order valence-electron chi connectivity index (χ2n) is 3.88. The van der Waals surface area contributed by atoms with Crippen molar-refractivity contribution in [2.75, 3.05) is 31.8 Å². The zero-order chi connectivity index (χ0) is 13.1. The third-order valence-electron chi connectivity index (χ3n) is 2.37. The molecule has 0 saturated heterocycles. The van der Waals surface area contributed by atoms with E-state index >= 15 is 0 Å². The number of anilines is 1. The SMILES string of the molecule is Cc1ccc(NCCCl)cc1S(=O)(=O)N(C)C. The molecule has 4 nitrogen and oxygen atoms in total. The first-order chi connectivity index (χ1) is 7.89. The van der Waals surface area contributed by atoms with Crippen LogP contribution in [0, 0.1) is 6.92 Å². The molecule has 1 aromatic carbocycles. The lowest BCUT2D eigenvalue weighted by Gasteiger charge is -2.15. The van der Waals surface area contributed by atoms with E-state index in [0.717, 1.165) is 11.3 Å². The van der Waals surface area contributed by atoms with Gasteiger partial charge in [0.1, 0.15) is 0 Å². The molecule has 0 aliphatic heterocycles. The molecular formula is C11H17ClN2O2S. The van der Waals surface area contributed by atoms with Crippen molar-refractivity contribution in [2.24, 2.45) is 0 Å². The molecule has 0 radical (unpaired) electrons. The fourth-order valence-electron chi connectivity index (χ4n) is 1.38. The average molecular weight is 277 g/mol. The third kappa shape index (κ3) is 3.34. The minimum atomic E-state index is -3.39. The molecule has 0 amide bonds. The largest absolute Gasteiger partial charge is 0.384 e. The van der Waals surface area contributed by atoms with Crippen molar-refractivity contribution >= 4 is 27.3 Å². The zero-order valence-electron chi connectivity index (χ0n) is 10.2. The molecule has 0 fully saturated rings. The van der Waals surface area contributed by atoms with Crippen LogP contribution in [0.4, 0.5) is 5.69 Å². The molecule has 0 aliphatic rings. The Balaban J connectivity index is 3.15. The highest BCUT2D eigenvalue weighted by atomic mass is 35.5. The Morgan fingerprint density at radius 2 is 2.00 bits per heavy atom. The van der Waals surface area contributed by atoms with Crippen LogP contribution in [0.15, 0.2) is 23.1 Å². The van der Waals surface area contributed by atoms with E-state index in [9.17, 15) is 8.42 Å². The van der Waals surface area contributed by atoms with Gasteiger partial charge in [-0.15, -0.1) is 11.6 Å². The highest BCUT2D eigenvalue weighted by molar-refractivity contribution is 7.89. The minimum Gasteiger partial charge on any atom is -0.384 e. The fraction of sp³-hybridized carbons (Fsp3) is 0.455. The van der Waals surface area contributed by atoms with Crippen LogP contribution < -0.4 is 5.32 Å². The Bertz CT molecular complexity index is 486. The minimum absolute atomic E-state index is 0.321. The van der Waals surface area contributed by atoms with Crippen LogP contribution in [-0.4, -0.2) is 39.2 Å². The molecule has 1 aromatic rings. The highest BCUT2D eigenvalue weighted by Gasteiger charge is 2.19. The van der Waals surface area contributed by atoms with E-state index < -0.39 is 10.0 Å². The van der Waals surface area contributed by atoms with Crippen molar-refractivity contribution in [3.8, 4) is 0 Å². The molecule has 1 N–H and O–H groups in total. The van der Waals surface area contributed by atoms with Crippen LogP contribution in [0.5, 0.6) is 0 Å². The maximum atomic E-state index is 12.1. The third-order valence-corrected chi connectivity index (χ3v) is 4.52. The van der Waals surface area contributed by atoms with E-state index in [1.54, 1.807) is 19.1 Å². The number of aryl methyl sites for hydroxylation is 1. The first kappa shape index (κ1) is 14.3. The van der Waals surface area contributed by atoms with E-state index in [-0.39, 0.29) is 0 Å². The van der Waals surface area contributed by atoms with Gasteiger partial charge in [0, 0.05) is 32.2 Å². The van der Waals surface area contributed by atoms with Crippen LogP contribution in [0.25, 0.3) is 0 Å². The summed E-state index contributed by atoms with van der Waals surface area (Å²) in [4.78, 5) is 0.321. The normalized spacial score (nSPS) is 11.8. The highest BCUT2D eigenvalue weighted by Crippen LogP contribution is 2.22. The van der Waals surface area contributed by atoms with Crippen molar-refractivity contribution in [3.63, 3.8) is 0 Å². The molecular weight excluding hydrogens is 260 g/mol. The monoisotopic (exact) mass is 276 g/mol. The van der Waals surface area contributed by atoms with Gasteiger partial charge in [0.2, 0.25) is 10.0 Å². The predicted molar refractivity (Wildman–Crippen MR) is 71.3 cm³/mol. The number of alkyl halides is 1. The van der Waals surface area contributed by atoms with Gasteiger partial charge >= 0.3 is 0 Å². The summed E-state index contributed by atoms with van der Waals surface area (Å²) in [6.07, 6.45) is 0. The van der Waals surface area contributed by atoms with E-state index in [4.69, 9.17) is 11.6 Å². The van der Waals surface area contributed by atoms with Crippen LogP contribution in [0.3, 0.4) is 0 Å². The molecule has 17 heavy (non-hydrogen) atoms. The number of halogens is 1. The molecule has 0 atom stereocenters. The zero-order valence-corrected chi connectivity index (χ0v) is 11.8. The van der Waals surface area contributed by atoms with Gasteiger partial charge in [0.25, 0.3) is 0 Å². The lowest BCUT2D eigenvalue weighted by atomic mass is 10.2. The predicted octanol–water partition coefficient (Wildman–Crippen LogP) is 1.90. The van der Waals surface area contributed by atoms with Gasteiger partial charge in [-0.25, -0.2) is 12.7 Å². The van der Waals surface area contributed by atoms with Crippen LogP contribution >= 0.6 is 11.6 Å². The van der Waals surface area contributed by atoms with Crippen molar-refractivity contribution in [2.45, 2.75) is 11.8 Å². The summed E-state index contributed by atoms with van der Waals surface area (Å²) in [5, 5.41) is 3.06. The van der Waals surface area contributed by atoms with Gasteiger partial charge in [-0.3, -0.25) is 0 Å². The summed E-state index contributed by atoms with van der Waals surface area (Å²) in [6, 6.07) is 5.26. The van der Waals surface area contributed by atoms with Gasteiger partial charge in [0.15, 0.2) is 0 Å². The van der Waals surface area contributed by atoms with Crippen LogP contribution in [0.1, 0.15) is 5.56 Å². The standard InChI is InChI=1S/C11H17ClN2O2S/c1-9-4-5-10(13-7-6-12)8-11(9)17(15,16)14(2)3/h4-5,8,13H,6-7H2,1-3H3. The number of rotatable bonds is 5. The molecule has 0 aromatic heterocycles. The fourth-order valence-corrected chi connectivity index (χ4v) is 2.61. The molecule has 96 valence electrons. The Kier molecular flexibility index (Phi) is 4.80. The van der Waals surface area contributed by atoms with Gasteiger partial charge in [-0.1, -0.05) is 6.07 Å². The smallest absolute Gasteiger partial charge is 0.242 e. The Morgan fingerprint density at radius 1 is 1.35 bits per heavy atom. The molecule has 0 unspecified atom stereocenters. The van der Waals surface area contributed by atoms with E-state index in [1.165, 1.54) is 18.4 Å². The Labute approximate surface area is 108 Å². The lowest BCUT2D eigenvalue weighted by molar-refractivity contribution is 0.520. The van der Waals surface area contributed by atoms with E-state index in [1.807, 2.05) is 6.07 Å². The van der Waals surface area contributed by atoms with E-state index in [2.05, 4.69) is 5.32 Å². The first-order valence-electron chi connectivity index (χ1n) is 5.22. The van der Waals surface area contributed by atoms with E-state index in [0.29, 0.717) is 17.3 Å². The van der Waals surface area contributed by atoms with Gasteiger partial charge in [-0.2, -0.15) is 0 Å². The Hall–Kier alpha value is -0.780. The quantitative estimate of drug-likeness (QED) is 0.836. The number of benzene rings is 1. The molecule has 0 aliphatic carbocycles. The number of hydrogen-bond donors (Lipinski definition) is 1. The molecule has 0 spiro atoms. The van der Waals surface area contributed by atoms with Crippen molar-refractivity contribution in [1.82, 2.24) is 4.31 Å². The van der Waals surface area contributed by atoms with Crippen molar-refractivity contribution in [1.29, 1.82) is 0 Å². The van der Waals surface area contributed by atoms with Crippen molar-refractivity contribution in [3.05, 3.63) is 23.8 Å². The molecule has 1 rings (SSSR count). The second kappa shape index (κ2) is 5.71. The summed E-state index contributed by atoms with van der Waals surface area (Å²) < 4.78 is 25.3. The maximum Gasteiger partial charge on any atom is 0.242 e. The summed E-state index contributed by atoms with van der Waals surface area (Å²) >= 11 is 5.57. The Morgan fingerprint density at radius 3 is 2.53 bits per heavy atom. The number of nitrogens with one attached hydrogen (secondary N) is 1. The molecule has 0 bridgehead atoms. The summed E-state index contributed by atoms with van der Waals surface area (Å²) in [7, 11) is -0.352. The van der Waals surface area contributed by atoms with Gasteiger partial charge in [0.05, 0.1) is 4.90 Å². The average Bonchev–Trinajstić information content (AvgIpc) is 2.27. The number of nitrogens with zero attached hydrogens (tertiary/aromatic N) is 1. The summed E-state index contributed by atoms with van der Waals surface area (Å²) in [6.45, 7) is 2.38. The lowest BCUT2D eigenvalue weighted by Crippen LogP contribution is -2.23. The summed E-state index contributed by atoms with van der Waals surface area (Å²) in [5.41, 5.74) is 1.49. The van der Waals surface area contributed by atoms with Crippen LogP contribution in [0.2, 0.25) is 0 Å². The molecule has 0 heterocycles. The topological polar surface area (TPSA) is 49.4 Å². The van der Waals surface area contributed by atoms with Crippen molar-refractivity contribution < 1.29 is 8.42 Å². The molecule has 6 heteroatoms. The number of hydrogen-bond acceptors (Lipinski definition) is 3.